The van der Waals surface area contributed by atoms with Crippen molar-refractivity contribution in [1.82, 2.24) is 9.78 Å². The van der Waals surface area contributed by atoms with Crippen molar-refractivity contribution < 1.29 is 14.6 Å². The molecule has 7 heteroatoms. The maximum Gasteiger partial charge on any atom is 0.233 e. The number of aliphatic hydroxyl groups is 1. The quantitative estimate of drug-likeness (QED) is 0.341. The molecule has 0 radical (unpaired) electrons. The lowest BCUT2D eigenvalue weighted by Gasteiger charge is -2.37. The van der Waals surface area contributed by atoms with E-state index >= 15 is 0 Å². The summed E-state index contributed by atoms with van der Waals surface area (Å²) in [7, 11) is -1.14. The number of hydrogen-bond acceptors (Lipinski definition) is 4. The van der Waals surface area contributed by atoms with Gasteiger partial charge >= 0.3 is 0 Å². The predicted molar refractivity (Wildman–Crippen MR) is 148 cm³/mol. The van der Waals surface area contributed by atoms with Gasteiger partial charge in [-0.3, -0.25) is 4.79 Å². The van der Waals surface area contributed by atoms with Gasteiger partial charge in [-0.1, -0.05) is 52.5 Å². The van der Waals surface area contributed by atoms with Crippen LogP contribution in [0.25, 0.3) is 0 Å². The van der Waals surface area contributed by atoms with Gasteiger partial charge in [-0.15, -0.1) is 0 Å². The summed E-state index contributed by atoms with van der Waals surface area (Å²) in [4.78, 5) is 15.6. The summed E-state index contributed by atoms with van der Waals surface area (Å²) in [5.74, 6) is 0.403. The number of aromatic nitrogens is 2. The van der Waals surface area contributed by atoms with Gasteiger partial charge in [0.15, 0.2) is 0 Å². The third kappa shape index (κ3) is 5.95. The topological polar surface area (TPSA) is 67.6 Å². The van der Waals surface area contributed by atoms with Crippen molar-refractivity contribution in [1.29, 1.82) is 0 Å². The minimum absolute atomic E-state index is 0.101. The first-order valence-electron chi connectivity index (χ1n) is 13.6. The van der Waals surface area contributed by atoms with Crippen LogP contribution < -0.4 is 4.90 Å². The fourth-order valence-electron chi connectivity index (χ4n) is 5.65. The molecule has 1 aromatic carbocycles. The van der Waals surface area contributed by atoms with E-state index in [-0.39, 0.29) is 22.7 Å². The monoisotopic (exact) mass is 511 g/mol. The smallest absolute Gasteiger partial charge is 0.233 e. The summed E-state index contributed by atoms with van der Waals surface area (Å²) in [5, 5.41) is 15.6. The number of anilines is 1. The summed E-state index contributed by atoms with van der Waals surface area (Å²) in [6.07, 6.45) is 5.45. The molecule has 1 N–H and O–H groups in total. The van der Waals surface area contributed by atoms with E-state index in [1.807, 2.05) is 11.0 Å². The standard InChI is InChI=1S/C29H45N3O3Si/c1-28(2,3)23-7-9-24(10-8-23)31-18-16-29(27(31)34)14-11-22(12-15-29)26(33)25-13-17-30-32(25)21-35-19-20-36(4,5)6/h7-10,13,17,22,26,33H,11-12,14-16,18-21H2,1-6H3. The van der Waals surface area contributed by atoms with E-state index in [2.05, 4.69) is 69.8 Å². The molecule has 198 valence electrons. The molecule has 1 aliphatic heterocycles. The number of aliphatic hydroxyl groups excluding tert-OH is 1. The molecule has 6 nitrogen and oxygen atoms in total. The Morgan fingerprint density at radius 2 is 1.78 bits per heavy atom. The normalized spacial score (nSPS) is 24.0. The number of carbonyl (C=O) groups excluding carboxylic acids is 1. The molecule has 1 atom stereocenters. The highest BCUT2D eigenvalue weighted by Crippen LogP contribution is 2.49. The van der Waals surface area contributed by atoms with Gasteiger partial charge in [0.2, 0.25) is 5.91 Å². The van der Waals surface area contributed by atoms with Crippen molar-refractivity contribution in [2.75, 3.05) is 18.1 Å². The first kappa shape index (κ1) is 27.1. The van der Waals surface area contributed by atoms with Crippen LogP contribution in [0.15, 0.2) is 36.5 Å². The second-order valence-corrected chi connectivity index (χ2v) is 18.8. The average molecular weight is 512 g/mol. The maximum absolute atomic E-state index is 13.6. The van der Waals surface area contributed by atoms with E-state index in [1.165, 1.54) is 5.56 Å². The Morgan fingerprint density at radius 3 is 2.39 bits per heavy atom. The molecule has 2 aromatic rings. The van der Waals surface area contributed by atoms with Crippen LogP contribution in [0.1, 0.15) is 70.2 Å². The Balaban J connectivity index is 1.34. The number of hydrogen-bond donors (Lipinski definition) is 1. The van der Waals surface area contributed by atoms with Gasteiger partial charge < -0.3 is 14.7 Å². The van der Waals surface area contributed by atoms with Crippen LogP contribution in [0.5, 0.6) is 0 Å². The number of carbonyl (C=O) groups is 1. The van der Waals surface area contributed by atoms with Gasteiger partial charge in [-0.25, -0.2) is 4.68 Å². The molecular weight excluding hydrogens is 466 g/mol. The molecule has 1 unspecified atom stereocenters. The maximum atomic E-state index is 13.6. The summed E-state index contributed by atoms with van der Waals surface area (Å²) in [5.41, 5.74) is 2.93. The molecule has 36 heavy (non-hydrogen) atoms. The highest BCUT2D eigenvalue weighted by molar-refractivity contribution is 6.76. The second kappa shape index (κ2) is 10.4. The summed E-state index contributed by atoms with van der Waals surface area (Å²) < 4.78 is 7.67. The molecule has 0 bridgehead atoms. The molecule has 1 aromatic heterocycles. The van der Waals surface area contributed by atoms with Gasteiger partial charge in [0.1, 0.15) is 6.73 Å². The zero-order chi connectivity index (χ0) is 26.1. The minimum atomic E-state index is -1.14. The third-order valence-electron chi connectivity index (χ3n) is 8.25. The molecule has 4 rings (SSSR count). The van der Waals surface area contributed by atoms with E-state index in [1.54, 1.807) is 10.9 Å². The molecule has 1 amide bonds. The Morgan fingerprint density at radius 1 is 1.11 bits per heavy atom. The van der Waals surface area contributed by atoms with Crippen molar-refractivity contribution >= 4 is 19.7 Å². The van der Waals surface area contributed by atoms with Crippen LogP contribution in [-0.2, 0) is 21.7 Å². The summed E-state index contributed by atoms with van der Waals surface area (Å²) in [6, 6.07) is 11.5. The first-order valence-corrected chi connectivity index (χ1v) is 17.3. The lowest BCUT2D eigenvalue weighted by molar-refractivity contribution is -0.128. The molecule has 2 fully saturated rings. The van der Waals surface area contributed by atoms with E-state index in [0.717, 1.165) is 62.7 Å². The zero-order valence-electron chi connectivity index (χ0n) is 23.1. The largest absolute Gasteiger partial charge is 0.387 e. The van der Waals surface area contributed by atoms with Crippen molar-refractivity contribution in [3.63, 3.8) is 0 Å². The van der Waals surface area contributed by atoms with Crippen molar-refractivity contribution in [3.05, 3.63) is 47.8 Å². The molecule has 1 spiro atoms. The molecule has 1 saturated carbocycles. The Labute approximate surface area is 218 Å². The lowest BCUT2D eigenvalue weighted by Crippen LogP contribution is -2.38. The zero-order valence-corrected chi connectivity index (χ0v) is 24.1. The Hall–Kier alpha value is -1.96. The molecule has 2 aliphatic rings. The van der Waals surface area contributed by atoms with Gasteiger partial charge in [-0.2, -0.15) is 5.10 Å². The highest BCUT2D eigenvalue weighted by Gasteiger charge is 2.49. The van der Waals surface area contributed by atoms with Crippen LogP contribution in [0.3, 0.4) is 0 Å². The number of ether oxygens (including phenoxy) is 1. The SMILES string of the molecule is CC(C)(C)c1ccc(N2CCC3(CCC(C(O)c4ccnn4COCC[Si](C)(C)C)CC3)C2=O)cc1. The van der Waals surface area contributed by atoms with Gasteiger partial charge in [0.25, 0.3) is 0 Å². The second-order valence-electron chi connectivity index (χ2n) is 13.2. The first-order chi connectivity index (χ1) is 16.9. The van der Waals surface area contributed by atoms with E-state index < -0.39 is 14.2 Å². The highest BCUT2D eigenvalue weighted by atomic mass is 28.3. The number of rotatable bonds is 8. The predicted octanol–water partition coefficient (Wildman–Crippen LogP) is 6.14. The Kier molecular flexibility index (Phi) is 7.84. The van der Waals surface area contributed by atoms with Gasteiger partial charge in [-0.05, 0) is 73.2 Å². The average Bonchev–Trinajstić information content (AvgIpc) is 3.41. The van der Waals surface area contributed by atoms with E-state index in [4.69, 9.17) is 4.74 Å². The fraction of sp³-hybridized carbons (Fsp3) is 0.655. The number of nitrogens with zero attached hydrogens (tertiary/aromatic N) is 3. The van der Waals surface area contributed by atoms with Crippen molar-refractivity contribution in [2.24, 2.45) is 11.3 Å². The van der Waals surface area contributed by atoms with Gasteiger partial charge in [0.05, 0.1) is 17.2 Å². The summed E-state index contributed by atoms with van der Waals surface area (Å²) >= 11 is 0. The van der Waals surface area contributed by atoms with Crippen LogP contribution in [-0.4, -0.2) is 42.0 Å². The van der Waals surface area contributed by atoms with E-state index in [0.29, 0.717) is 6.73 Å². The van der Waals surface area contributed by atoms with Crippen LogP contribution in [0, 0.1) is 11.3 Å². The summed E-state index contributed by atoms with van der Waals surface area (Å²) in [6.45, 7) is 15.5. The van der Waals surface area contributed by atoms with Crippen molar-refractivity contribution in [3.8, 4) is 0 Å². The number of benzene rings is 1. The lowest BCUT2D eigenvalue weighted by atomic mass is 9.68. The third-order valence-corrected chi connectivity index (χ3v) is 9.96. The number of amides is 1. The molecule has 1 saturated heterocycles. The van der Waals surface area contributed by atoms with Crippen molar-refractivity contribution in [2.45, 2.75) is 96.8 Å². The molecule has 1 aliphatic carbocycles. The molecular formula is C29H45N3O3Si. The molecule has 2 heterocycles. The van der Waals surface area contributed by atoms with Crippen LogP contribution >= 0.6 is 0 Å². The van der Waals surface area contributed by atoms with Crippen LogP contribution in [0.2, 0.25) is 25.7 Å². The minimum Gasteiger partial charge on any atom is -0.387 e. The fourth-order valence-corrected chi connectivity index (χ4v) is 6.41. The van der Waals surface area contributed by atoms with Gasteiger partial charge in [0, 0.05) is 33.1 Å². The van der Waals surface area contributed by atoms with E-state index in [9.17, 15) is 9.90 Å². The Bertz CT molecular complexity index is 1030. The van der Waals surface area contributed by atoms with Crippen LogP contribution in [0.4, 0.5) is 5.69 Å².